The van der Waals surface area contributed by atoms with Crippen LogP contribution in [0.1, 0.15) is 53.0 Å². The lowest BCUT2D eigenvalue weighted by Crippen LogP contribution is -2.60. The van der Waals surface area contributed by atoms with Gasteiger partial charge in [0.2, 0.25) is 0 Å². The largest absolute Gasteiger partial charge is 0.481 e. The smallest absolute Gasteiger partial charge is 0.309 e. The molecule has 2 atom stereocenters. The fourth-order valence-electron chi connectivity index (χ4n) is 3.11. The summed E-state index contributed by atoms with van der Waals surface area (Å²) in [7, 11) is 0. The van der Waals surface area contributed by atoms with Crippen molar-refractivity contribution < 1.29 is 19.7 Å². The number of aliphatic hydroxyl groups is 1. The van der Waals surface area contributed by atoms with Crippen LogP contribution in [0.3, 0.4) is 0 Å². The maximum Gasteiger partial charge on any atom is 0.309 e. The van der Waals surface area contributed by atoms with Crippen LogP contribution in [0.2, 0.25) is 0 Å². The average molecular weight is 397 g/mol. The van der Waals surface area contributed by atoms with Crippen LogP contribution in [0.15, 0.2) is 30.3 Å². The Bertz CT molecular complexity index is 643. The average Bonchev–Trinajstić information content (AvgIpc) is 2.52. The summed E-state index contributed by atoms with van der Waals surface area (Å²) in [4.78, 5) is 11.1. The molecule has 0 saturated carbocycles. The number of ether oxygens (including phenoxy) is 1. The van der Waals surface area contributed by atoms with Gasteiger partial charge in [0, 0.05) is 6.54 Å². The molecule has 0 radical (unpaired) electrons. The Kier molecular flexibility index (Phi) is 7.77. The van der Waals surface area contributed by atoms with Gasteiger partial charge in [0.25, 0.3) is 0 Å². The Morgan fingerprint density at radius 1 is 1.33 bits per heavy atom. The van der Waals surface area contributed by atoms with Crippen molar-refractivity contribution in [1.82, 2.24) is 5.32 Å². The van der Waals surface area contributed by atoms with Crippen LogP contribution in [-0.2, 0) is 16.1 Å². The molecule has 2 unspecified atom stereocenters. The number of carboxylic acids is 1. The van der Waals surface area contributed by atoms with Crippen molar-refractivity contribution in [3.63, 3.8) is 0 Å². The Morgan fingerprint density at radius 2 is 1.89 bits per heavy atom. The van der Waals surface area contributed by atoms with Gasteiger partial charge in [-0.15, -0.1) is 0 Å². The van der Waals surface area contributed by atoms with E-state index in [4.69, 9.17) is 15.6 Å². The minimum atomic E-state index is -0.978. The van der Waals surface area contributed by atoms with Crippen molar-refractivity contribution in [3.05, 3.63) is 35.9 Å². The Hall–Kier alpha value is -1.70. The molecule has 2 rings (SSSR count). The van der Waals surface area contributed by atoms with E-state index < -0.39 is 28.7 Å². The van der Waals surface area contributed by atoms with E-state index in [0.717, 1.165) is 0 Å². The zero-order valence-corrected chi connectivity index (χ0v) is 17.6. The van der Waals surface area contributed by atoms with E-state index in [1.165, 1.54) is 5.56 Å². The van der Waals surface area contributed by atoms with Gasteiger partial charge in [-0.2, -0.15) is 0 Å². The van der Waals surface area contributed by atoms with Crippen molar-refractivity contribution in [2.75, 3.05) is 0 Å². The number of nitrogens with one attached hydrogen (secondary N) is 1. The molecule has 7 heteroatoms. The fourth-order valence-corrected chi connectivity index (χ4v) is 3.18. The topological polar surface area (TPSA) is 105 Å². The third-order valence-corrected chi connectivity index (χ3v) is 5.28. The molecule has 152 valence electrons. The molecule has 0 amide bonds. The monoisotopic (exact) mass is 396 g/mol. The summed E-state index contributed by atoms with van der Waals surface area (Å²) < 4.78 is 5.87. The quantitative estimate of drug-likeness (QED) is 0.580. The van der Waals surface area contributed by atoms with E-state index in [0.29, 0.717) is 24.5 Å². The van der Waals surface area contributed by atoms with E-state index in [-0.39, 0.29) is 0 Å². The molecule has 0 aliphatic carbocycles. The SMILES string of the molecule is CC1(C)OC(C)(C(C)(C)O)CCC1C(=O)O.NC(=S)NCc1ccccc1. The number of nitrogens with two attached hydrogens (primary N) is 1. The summed E-state index contributed by atoms with van der Waals surface area (Å²) in [6.45, 7) is 9.49. The lowest BCUT2D eigenvalue weighted by atomic mass is 9.73. The summed E-state index contributed by atoms with van der Waals surface area (Å²) in [6, 6.07) is 9.98. The standard InChI is InChI=1S/C12H22O4.C8H10N2S/c1-10(2)8(9(13)14)6-7-12(5,16-10)11(3,4)15;9-8(11)10-6-7-4-2-1-3-5-7/h8,15H,6-7H2,1-5H3,(H,13,14);1-5H,6H2,(H3,9,10,11). The number of aliphatic carboxylic acids is 1. The number of carboxylic acid groups (broad SMARTS) is 1. The summed E-state index contributed by atoms with van der Waals surface area (Å²) in [5.74, 6) is -1.34. The van der Waals surface area contributed by atoms with Crippen molar-refractivity contribution in [3.8, 4) is 0 Å². The van der Waals surface area contributed by atoms with Crippen LogP contribution in [0, 0.1) is 5.92 Å². The highest BCUT2D eigenvalue weighted by Crippen LogP contribution is 2.44. The second kappa shape index (κ2) is 8.99. The zero-order valence-electron chi connectivity index (χ0n) is 16.8. The van der Waals surface area contributed by atoms with E-state index >= 15 is 0 Å². The van der Waals surface area contributed by atoms with Crippen LogP contribution in [0.25, 0.3) is 0 Å². The number of benzene rings is 1. The molecule has 1 aliphatic heterocycles. The molecule has 1 fully saturated rings. The first-order valence-electron chi connectivity index (χ1n) is 9.01. The van der Waals surface area contributed by atoms with Gasteiger partial charge in [-0.3, -0.25) is 4.79 Å². The van der Waals surface area contributed by atoms with Gasteiger partial charge in [0.15, 0.2) is 5.11 Å². The van der Waals surface area contributed by atoms with Crippen LogP contribution >= 0.6 is 12.2 Å². The van der Waals surface area contributed by atoms with Crippen LogP contribution < -0.4 is 11.1 Å². The normalized spacial score (nSPS) is 24.3. The van der Waals surface area contributed by atoms with E-state index in [9.17, 15) is 9.90 Å². The van der Waals surface area contributed by atoms with Gasteiger partial charge in [0.05, 0.1) is 22.7 Å². The Labute approximate surface area is 167 Å². The second-order valence-corrected chi connectivity index (χ2v) is 8.57. The summed E-state index contributed by atoms with van der Waals surface area (Å²) in [5, 5.41) is 22.4. The zero-order chi connectivity index (χ0) is 20.9. The second-order valence-electron chi connectivity index (χ2n) is 8.13. The van der Waals surface area contributed by atoms with Crippen molar-refractivity contribution in [1.29, 1.82) is 0 Å². The Morgan fingerprint density at radius 3 is 2.30 bits per heavy atom. The predicted octanol–water partition coefficient (Wildman–Crippen LogP) is 2.83. The number of thiocarbonyl (C=S) groups is 1. The van der Waals surface area contributed by atoms with Crippen LogP contribution in [0.4, 0.5) is 0 Å². The molecule has 1 aromatic rings. The lowest BCUT2D eigenvalue weighted by Gasteiger charge is -2.51. The summed E-state index contributed by atoms with van der Waals surface area (Å²) in [5.41, 5.74) is 4.02. The first-order chi connectivity index (χ1) is 12.3. The first-order valence-corrected chi connectivity index (χ1v) is 9.42. The minimum absolute atomic E-state index is 0.342. The number of hydrogen-bond donors (Lipinski definition) is 4. The molecule has 6 nitrogen and oxygen atoms in total. The van der Waals surface area contributed by atoms with Gasteiger partial charge >= 0.3 is 5.97 Å². The predicted molar refractivity (Wildman–Crippen MR) is 110 cm³/mol. The number of hydrogen-bond acceptors (Lipinski definition) is 4. The van der Waals surface area contributed by atoms with Crippen LogP contribution in [0.5, 0.6) is 0 Å². The molecule has 1 aromatic carbocycles. The minimum Gasteiger partial charge on any atom is -0.481 e. The molecule has 5 N–H and O–H groups in total. The molecule has 0 bridgehead atoms. The molecule has 27 heavy (non-hydrogen) atoms. The highest BCUT2D eigenvalue weighted by Gasteiger charge is 2.52. The maximum atomic E-state index is 11.1. The summed E-state index contributed by atoms with van der Waals surface area (Å²) >= 11 is 4.66. The molecule has 0 spiro atoms. The van der Waals surface area contributed by atoms with Crippen molar-refractivity contribution >= 4 is 23.3 Å². The fraction of sp³-hybridized carbons (Fsp3) is 0.600. The van der Waals surface area contributed by atoms with Gasteiger partial charge in [0.1, 0.15) is 0 Å². The summed E-state index contributed by atoms with van der Waals surface area (Å²) in [6.07, 6.45) is 1.08. The molecule has 1 heterocycles. The van der Waals surface area contributed by atoms with Gasteiger partial charge < -0.3 is 26.0 Å². The maximum absolute atomic E-state index is 11.1. The van der Waals surface area contributed by atoms with Crippen molar-refractivity contribution in [2.24, 2.45) is 11.7 Å². The molecule has 1 aliphatic rings. The van der Waals surface area contributed by atoms with E-state index in [1.54, 1.807) is 27.7 Å². The highest BCUT2D eigenvalue weighted by molar-refractivity contribution is 7.80. The Balaban J connectivity index is 0.000000289. The molecule has 0 aromatic heterocycles. The molecular weight excluding hydrogens is 364 g/mol. The highest BCUT2D eigenvalue weighted by atomic mass is 32.1. The van der Waals surface area contributed by atoms with Gasteiger partial charge in [-0.1, -0.05) is 30.3 Å². The third kappa shape index (κ3) is 6.75. The van der Waals surface area contributed by atoms with Gasteiger partial charge in [-0.05, 0) is 65.2 Å². The molecular formula is C20H32N2O4S. The number of rotatable bonds is 4. The first kappa shape index (κ1) is 23.3. The van der Waals surface area contributed by atoms with E-state index in [2.05, 4.69) is 17.5 Å². The van der Waals surface area contributed by atoms with Crippen LogP contribution in [-0.4, -0.2) is 38.1 Å². The lowest BCUT2D eigenvalue weighted by molar-refractivity contribution is -0.255. The third-order valence-electron chi connectivity index (χ3n) is 5.14. The van der Waals surface area contributed by atoms with E-state index in [1.807, 2.05) is 37.3 Å². The molecule has 1 saturated heterocycles. The van der Waals surface area contributed by atoms with Crippen molar-refractivity contribution in [2.45, 2.75) is 70.8 Å². The number of carbonyl (C=O) groups is 1. The van der Waals surface area contributed by atoms with Gasteiger partial charge in [-0.25, -0.2) is 0 Å².